The summed E-state index contributed by atoms with van der Waals surface area (Å²) in [6, 6.07) is 7.62. The van der Waals surface area contributed by atoms with E-state index in [0.717, 1.165) is 6.42 Å². The zero-order valence-corrected chi connectivity index (χ0v) is 13.1. The van der Waals surface area contributed by atoms with Gasteiger partial charge in [0, 0.05) is 30.9 Å². The van der Waals surface area contributed by atoms with Crippen molar-refractivity contribution in [2.75, 3.05) is 6.54 Å². The van der Waals surface area contributed by atoms with Gasteiger partial charge in [-0.1, -0.05) is 6.07 Å². The first kappa shape index (κ1) is 16.4. The van der Waals surface area contributed by atoms with Gasteiger partial charge in [0.05, 0.1) is 6.10 Å². The number of aromatic nitrogens is 2. The van der Waals surface area contributed by atoms with E-state index in [-0.39, 0.29) is 30.3 Å². The van der Waals surface area contributed by atoms with Crippen molar-refractivity contribution in [3.8, 4) is 5.75 Å². The average Bonchev–Trinajstić information content (AvgIpc) is 3.17. The second-order valence-electron chi connectivity index (χ2n) is 5.95. The van der Waals surface area contributed by atoms with Crippen molar-refractivity contribution in [3.63, 3.8) is 0 Å². The van der Waals surface area contributed by atoms with Crippen LogP contribution >= 0.6 is 0 Å². The molecular weight excluding hydrogens is 313 g/mol. The maximum Gasteiger partial charge on any atom is 0.241 e. The van der Waals surface area contributed by atoms with Crippen LogP contribution in [0.1, 0.15) is 12.8 Å². The SMILES string of the molecule is O=C(Cn1cccn1)NC[C@H]1CC[C@@H](Oc2cccc(F)c2)[C@@H]1O. The van der Waals surface area contributed by atoms with E-state index in [2.05, 4.69) is 10.4 Å². The number of aliphatic hydroxyl groups is 1. The van der Waals surface area contributed by atoms with Crippen LogP contribution in [0.25, 0.3) is 0 Å². The topological polar surface area (TPSA) is 76.4 Å². The summed E-state index contributed by atoms with van der Waals surface area (Å²) < 4.78 is 20.4. The number of halogens is 1. The van der Waals surface area contributed by atoms with E-state index >= 15 is 0 Å². The predicted molar refractivity (Wildman–Crippen MR) is 84.8 cm³/mol. The van der Waals surface area contributed by atoms with Crippen molar-refractivity contribution in [1.82, 2.24) is 15.1 Å². The molecule has 1 fully saturated rings. The molecule has 3 atom stereocenters. The number of amides is 1. The van der Waals surface area contributed by atoms with Crippen LogP contribution in [0, 0.1) is 11.7 Å². The van der Waals surface area contributed by atoms with Crippen molar-refractivity contribution < 1.29 is 19.0 Å². The quantitative estimate of drug-likeness (QED) is 0.837. The normalized spacial score (nSPS) is 23.2. The molecule has 0 radical (unpaired) electrons. The molecule has 1 aromatic carbocycles. The maximum atomic E-state index is 13.2. The van der Waals surface area contributed by atoms with Gasteiger partial charge in [-0.15, -0.1) is 0 Å². The number of ether oxygens (including phenoxy) is 1. The third-order valence-corrected chi connectivity index (χ3v) is 4.20. The van der Waals surface area contributed by atoms with Crippen molar-refractivity contribution >= 4 is 5.91 Å². The highest BCUT2D eigenvalue weighted by atomic mass is 19.1. The van der Waals surface area contributed by atoms with Gasteiger partial charge in [0.25, 0.3) is 0 Å². The fourth-order valence-electron chi connectivity index (χ4n) is 2.93. The number of carbonyl (C=O) groups is 1. The van der Waals surface area contributed by atoms with E-state index in [1.54, 1.807) is 30.6 Å². The van der Waals surface area contributed by atoms with E-state index in [0.29, 0.717) is 18.7 Å². The minimum atomic E-state index is -0.696. The lowest BCUT2D eigenvalue weighted by molar-refractivity contribution is -0.122. The lowest BCUT2D eigenvalue weighted by Gasteiger charge is -2.21. The van der Waals surface area contributed by atoms with Gasteiger partial charge in [0.2, 0.25) is 5.91 Å². The summed E-state index contributed by atoms with van der Waals surface area (Å²) in [5.41, 5.74) is 0. The monoisotopic (exact) mass is 333 g/mol. The highest BCUT2D eigenvalue weighted by molar-refractivity contribution is 5.75. The van der Waals surface area contributed by atoms with Gasteiger partial charge >= 0.3 is 0 Å². The summed E-state index contributed by atoms with van der Waals surface area (Å²) in [4.78, 5) is 11.9. The molecule has 1 heterocycles. The molecule has 0 saturated heterocycles. The molecule has 2 N–H and O–H groups in total. The smallest absolute Gasteiger partial charge is 0.241 e. The lowest BCUT2D eigenvalue weighted by atomic mass is 10.1. The molecule has 0 bridgehead atoms. The van der Waals surface area contributed by atoms with Gasteiger partial charge in [-0.2, -0.15) is 5.10 Å². The van der Waals surface area contributed by atoms with Crippen LogP contribution in [0.5, 0.6) is 5.75 Å². The minimum Gasteiger partial charge on any atom is -0.488 e. The zero-order valence-electron chi connectivity index (χ0n) is 13.1. The Kier molecular flexibility index (Phi) is 5.10. The molecule has 2 aromatic rings. The third kappa shape index (κ3) is 4.11. The first-order chi connectivity index (χ1) is 11.6. The molecule has 24 heavy (non-hydrogen) atoms. The molecule has 3 rings (SSSR count). The Hall–Kier alpha value is -2.41. The standard InChI is InChI=1S/C17H20FN3O3/c18-13-3-1-4-14(9-13)24-15-6-5-12(17(15)23)10-19-16(22)11-21-8-2-7-20-21/h1-4,7-9,12,15,17,23H,5-6,10-11H2,(H,19,22)/t12-,15-,17-/m1/s1. The summed E-state index contributed by atoms with van der Waals surface area (Å²) in [6.45, 7) is 0.531. The molecule has 0 aliphatic heterocycles. The molecule has 7 heteroatoms. The molecule has 1 aliphatic carbocycles. The number of rotatable bonds is 6. The second kappa shape index (κ2) is 7.44. The number of hydrogen-bond donors (Lipinski definition) is 2. The highest BCUT2D eigenvalue weighted by Crippen LogP contribution is 2.29. The van der Waals surface area contributed by atoms with E-state index < -0.39 is 6.10 Å². The number of aliphatic hydroxyl groups excluding tert-OH is 1. The molecule has 1 aliphatic rings. The van der Waals surface area contributed by atoms with Gasteiger partial charge < -0.3 is 15.2 Å². The number of nitrogens with zero attached hydrogens (tertiary/aromatic N) is 2. The van der Waals surface area contributed by atoms with E-state index in [1.807, 2.05) is 0 Å². The molecule has 1 amide bonds. The molecular formula is C17H20FN3O3. The summed E-state index contributed by atoms with van der Waals surface area (Å²) in [7, 11) is 0. The fourth-order valence-corrected chi connectivity index (χ4v) is 2.93. The predicted octanol–water partition coefficient (Wildman–Crippen LogP) is 1.36. The first-order valence-electron chi connectivity index (χ1n) is 7.96. The van der Waals surface area contributed by atoms with E-state index in [9.17, 15) is 14.3 Å². The van der Waals surface area contributed by atoms with Crippen LogP contribution in [0.2, 0.25) is 0 Å². The third-order valence-electron chi connectivity index (χ3n) is 4.20. The number of hydrogen-bond acceptors (Lipinski definition) is 4. The lowest BCUT2D eigenvalue weighted by Crippen LogP contribution is -2.38. The molecule has 0 spiro atoms. The Morgan fingerprint density at radius 1 is 1.42 bits per heavy atom. The van der Waals surface area contributed by atoms with Gasteiger partial charge in [-0.3, -0.25) is 9.48 Å². The molecule has 0 unspecified atom stereocenters. The summed E-state index contributed by atoms with van der Waals surface area (Å²) in [5.74, 6) is -0.199. The van der Waals surface area contributed by atoms with Gasteiger partial charge in [-0.05, 0) is 31.0 Å². The highest BCUT2D eigenvalue weighted by Gasteiger charge is 2.36. The Morgan fingerprint density at radius 2 is 2.29 bits per heavy atom. The Morgan fingerprint density at radius 3 is 3.04 bits per heavy atom. The van der Waals surface area contributed by atoms with Crippen LogP contribution in [0.15, 0.2) is 42.7 Å². The van der Waals surface area contributed by atoms with Crippen molar-refractivity contribution in [2.45, 2.75) is 31.6 Å². The fraction of sp³-hybridized carbons (Fsp3) is 0.412. The van der Waals surface area contributed by atoms with Crippen LogP contribution < -0.4 is 10.1 Å². The van der Waals surface area contributed by atoms with Crippen molar-refractivity contribution in [1.29, 1.82) is 0 Å². The maximum absolute atomic E-state index is 13.2. The van der Waals surface area contributed by atoms with E-state index in [4.69, 9.17) is 4.74 Å². The number of carbonyl (C=O) groups excluding carboxylic acids is 1. The first-order valence-corrected chi connectivity index (χ1v) is 7.96. The largest absolute Gasteiger partial charge is 0.488 e. The van der Waals surface area contributed by atoms with Crippen molar-refractivity contribution in [2.24, 2.45) is 5.92 Å². The number of nitrogens with one attached hydrogen (secondary N) is 1. The van der Waals surface area contributed by atoms with Crippen LogP contribution in [0.3, 0.4) is 0 Å². The zero-order chi connectivity index (χ0) is 16.9. The molecule has 128 valence electrons. The minimum absolute atomic E-state index is 0.0786. The second-order valence-corrected chi connectivity index (χ2v) is 5.95. The summed E-state index contributed by atoms with van der Waals surface area (Å²) in [6.07, 6.45) is 3.65. The Balaban J connectivity index is 1.47. The van der Waals surface area contributed by atoms with E-state index in [1.165, 1.54) is 16.8 Å². The molecule has 6 nitrogen and oxygen atoms in total. The number of benzene rings is 1. The van der Waals surface area contributed by atoms with Gasteiger partial charge in [-0.25, -0.2) is 4.39 Å². The average molecular weight is 333 g/mol. The van der Waals surface area contributed by atoms with Crippen LogP contribution in [-0.2, 0) is 11.3 Å². The van der Waals surface area contributed by atoms with Gasteiger partial charge in [0.15, 0.2) is 0 Å². The molecule has 1 saturated carbocycles. The van der Waals surface area contributed by atoms with Crippen LogP contribution in [-0.4, -0.2) is 39.5 Å². The Bertz CT molecular complexity index is 677. The van der Waals surface area contributed by atoms with Crippen molar-refractivity contribution in [3.05, 3.63) is 48.5 Å². The summed E-state index contributed by atoms with van der Waals surface area (Å²) in [5, 5.41) is 17.1. The summed E-state index contributed by atoms with van der Waals surface area (Å²) >= 11 is 0. The van der Waals surface area contributed by atoms with Gasteiger partial charge in [0.1, 0.15) is 24.2 Å². The Labute approximate surface area is 139 Å². The van der Waals surface area contributed by atoms with Crippen LogP contribution in [0.4, 0.5) is 4.39 Å². The molecule has 1 aromatic heterocycles.